The first-order valence-electron chi connectivity index (χ1n) is 9.09. The van der Waals surface area contributed by atoms with Crippen LogP contribution in [0.15, 0.2) is 24.3 Å². The Morgan fingerprint density at radius 2 is 1.96 bits per heavy atom. The third-order valence-corrected chi connectivity index (χ3v) is 5.31. The van der Waals surface area contributed by atoms with Gasteiger partial charge in [-0.3, -0.25) is 0 Å². The highest BCUT2D eigenvalue weighted by atomic mass is 19.4. The van der Waals surface area contributed by atoms with Gasteiger partial charge in [-0.25, -0.2) is 0 Å². The van der Waals surface area contributed by atoms with E-state index in [1.54, 1.807) is 6.07 Å². The van der Waals surface area contributed by atoms with Gasteiger partial charge >= 0.3 is 6.36 Å². The first-order chi connectivity index (χ1) is 11.8. The molecule has 1 aliphatic carbocycles. The first-order valence-corrected chi connectivity index (χ1v) is 9.09. The average molecular weight is 356 g/mol. The molecular weight excluding hydrogens is 329 g/mol. The topological polar surface area (TPSA) is 24.5 Å². The molecule has 2 aliphatic rings. The number of halogens is 3. The average Bonchev–Trinajstić information content (AvgIpc) is 2.97. The molecule has 1 saturated heterocycles. The van der Waals surface area contributed by atoms with Crippen LogP contribution in [-0.2, 0) is 6.54 Å². The van der Waals surface area contributed by atoms with Crippen molar-refractivity contribution in [1.29, 1.82) is 0 Å². The van der Waals surface area contributed by atoms with Crippen LogP contribution in [0.4, 0.5) is 13.2 Å². The molecule has 1 N–H and O–H groups in total. The highest BCUT2D eigenvalue weighted by Crippen LogP contribution is 2.51. The SMILES string of the molecule is CC(C)CCN1CC2C(CNCc3cccc(OC(F)(F)F)c3)C2C1. The van der Waals surface area contributed by atoms with E-state index >= 15 is 0 Å². The lowest BCUT2D eigenvalue weighted by molar-refractivity contribution is -0.274. The second-order valence-electron chi connectivity index (χ2n) is 7.76. The van der Waals surface area contributed by atoms with Crippen LogP contribution in [0.3, 0.4) is 0 Å². The van der Waals surface area contributed by atoms with Gasteiger partial charge in [-0.2, -0.15) is 0 Å². The van der Waals surface area contributed by atoms with Gasteiger partial charge in [-0.1, -0.05) is 26.0 Å². The standard InChI is InChI=1S/C19H27F3N2O/c1-13(2)6-7-24-11-17-16(18(17)12-24)10-23-9-14-4-3-5-15(8-14)25-19(20,21)22/h3-5,8,13,16-18,23H,6-7,9-12H2,1-2H3. The molecule has 3 nitrogen and oxygen atoms in total. The van der Waals surface area contributed by atoms with Gasteiger partial charge in [0.25, 0.3) is 0 Å². The minimum absolute atomic E-state index is 0.157. The maximum atomic E-state index is 12.3. The predicted molar refractivity (Wildman–Crippen MR) is 91.2 cm³/mol. The minimum Gasteiger partial charge on any atom is -0.406 e. The van der Waals surface area contributed by atoms with Crippen molar-refractivity contribution in [2.24, 2.45) is 23.7 Å². The number of nitrogens with zero attached hydrogens (tertiary/aromatic N) is 1. The summed E-state index contributed by atoms with van der Waals surface area (Å²) in [7, 11) is 0. The normalized spacial score (nSPS) is 26.1. The van der Waals surface area contributed by atoms with Crippen molar-refractivity contribution in [2.75, 3.05) is 26.2 Å². The molecule has 0 amide bonds. The van der Waals surface area contributed by atoms with Crippen molar-refractivity contribution in [3.05, 3.63) is 29.8 Å². The monoisotopic (exact) mass is 356 g/mol. The molecule has 0 radical (unpaired) electrons. The number of ether oxygens (including phenoxy) is 1. The highest BCUT2D eigenvalue weighted by molar-refractivity contribution is 5.28. The number of benzene rings is 1. The summed E-state index contributed by atoms with van der Waals surface area (Å²) in [6, 6.07) is 6.18. The van der Waals surface area contributed by atoms with E-state index in [1.807, 2.05) is 6.07 Å². The van der Waals surface area contributed by atoms with E-state index in [0.717, 1.165) is 35.8 Å². The number of hydrogen-bond donors (Lipinski definition) is 1. The molecule has 6 heteroatoms. The number of likely N-dealkylation sites (tertiary alicyclic amines) is 1. The number of nitrogens with one attached hydrogen (secondary N) is 1. The zero-order chi connectivity index (χ0) is 18.0. The van der Waals surface area contributed by atoms with Crippen LogP contribution in [0.25, 0.3) is 0 Å². The minimum atomic E-state index is -4.64. The van der Waals surface area contributed by atoms with Gasteiger partial charge in [0.15, 0.2) is 0 Å². The Morgan fingerprint density at radius 1 is 1.24 bits per heavy atom. The van der Waals surface area contributed by atoms with Crippen LogP contribution in [-0.4, -0.2) is 37.4 Å². The number of fused-ring (bicyclic) bond motifs is 1. The Balaban J connectivity index is 1.36. The molecule has 140 valence electrons. The fraction of sp³-hybridized carbons (Fsp3) is 0.684. The van der Waals surface area contributed by atoms with Crippen molar-refractivity contribution in [3.63, 3.8) is 0 Å². The van der Waals surface area contributed by atoms with Gasteiger partial charge in [-0.15, -0.1) is 13.2 Å². The van der Waals surface area contributed by atoms with Crippen LogP contribution in [0.1, 0.15) is 25.8 Å². The smallest absolute Gasteiger partial charge is 0.406 e. The van der Waals surface area contributed by atoms with Crippen molar-refractivity contribution < 1.29 is 17.9 Å². The Hall–Kier alpha value is -1.27. The lowest BCUT2D eigenvalue weighted by Gasteiger charge is -2.20. The molecule has 2 atom stereocenters. The van der Waals surface area contributed by atoms with Crippen LogP contribution in [0.5, 0.6) is 5.75 Å². The van der Waals surface area contributed by atoms with E-state index in [1.165, 1.54) is 38.2 Å². The van der Waals surface area contributed by atoms with E-state index in [0.29, 0.717) is 6.54 Å². The highest BCUT2D eigenvalue weighted by Gasteiger charge is 2.54. The number of alkyl halides is 3. The molecule has 1 aliphatic heterocycles. The van der Waals surface area contributed by atoms with E-state index < -0.39 is 6.36 Å². The summed E-state index contributed by atoms with van der Waals surface area (Å²) >= 11 is 0. The maximum Gasteiger partial charge on any atom is 0.573 e. The first kappa shape index (κ1) is 18.5. The quantitative estimate of drug-likeness (QED) is 0.765. The van der Waals surface area contributed by atoms with Crippen LogP contribution in [0, 0.1) is 23.7 Å². The van der Waals surface area contributed by atoms with E-state index in [-0.39, 0.29) is 5.75 Å². The van der Waals surface area contributed by atoms with Gasteiger partial charge in [0.2, 0.25) is 0 Å². The largest absolute Gasteiger partial charge is 0.573 e. The van der Waals surface area contributed by atoms with Gasteiger partial charge in [0.05, 0.1) is 0 Å². The predicted octanol–water partition coefficient (Wildman–Crippen LogP) is 3.90. The van der Waals surface area contributed by atoms with Crippen molar-refractivity contribution in [2.45, 2.75) is 33.2 Å². The summed E-state index contributed by atoms with van der Waals surface area (Å²) in [5.74, 6) is 2.94. The number of hydrogen-bond acceptors (Lipinski definition) is 3. The van der Waals surface area contributed by atoms with E-state index in [9.17, 15) is 13.2 Å². The molecule has 0 bridgehead atoms. The van der Waals surface area contributed by atoms with Gasteiger partial charge in [0.1, 0.15) is 5.75 Å². The molecular formula is C19H27F3N2O. The second kappa shape index (κ2) is 7.54. The third-order valence-electron chi connectivity index (χ3n) is 5.31. The van der Waals surface area contributed by atoms with Crippen molar-refractivity contribution in [1.82, 2.24) is 10.2 Å². The summed E-state index contributed by atoms with van der Waals surface area (Å²) in [4.78, 5) is 2.57. The summed E-state index contributed by atoms with van der Waals surface area (Å²) in [5.41, 5.74) is 0.811. The molecule has 0 aromatic heterocycles. The maximum absolute atomic E-state index is 12.3. The summed E-state index contributed by atoms with van der Waals surface area (Å²) in [6.45, 7) is 9.66. The molecule has 25 heavy (non-hydrogen) atoms. The molecule has 1 saturated carbocycles. The molecule has 3 rings (SSSR count). The Morgan fingerprint density at radius 3 is 2.60 bits per heavy atom. The van der Waals surface area contributed by atoms with Crippen LogP contribution < -0.4 is 10.1 Å². The summed E-state index contributed by atoms with van der Waals surface area (Å²) < 4.78 is 40.7. The zero-order valence-corrected chi connectivity index (χ0v) is 14.9. The second-order valence-corrected chi connectivity index (χ2v) is 7.76. The lowest BCUT2D eigenvalue weighted by Crippen LogP contribution is -2.29. The van der Waals surface area contributed by atoms with Gasteiger partial charge < -0.3 is 15.0 Å². The lowest BCUT2D eigenvalue weighted by atomic mass is 10.1. The third kappa shape index (κ3) is 5.35. The van der Waals surface area contributed by atoms with Crippen molar-refractivity contribution in [3.8, 4) is 5.75 Å². The van der Waals surface area contributed by atoms with E-state index in [4.69, 9.17) is 0 Å². The number of piperidine rings is 1. The van der Waals surface area contributed by atoms with Gasteiger partial charge in [-0.05, 0) is 60.9 Å². The fourth-order valence-electron chi connectivity index (χ4n) is 3.90. The molecule has 1 aromatic rings. The summed E-state index contributed by atoms with van der Waals surface area (Å²) in [6.07, 6.45) is -3.38. The Kier molecular flexibility index (Phi) is 5.58. The zero-order valence-electron chi connectivity index (χ0n) is 14.9. The van der Waals surface area contributed by atoms with Crippen molar-refractivity contribution >= 4 is 0 Å². The summed E-state index contributed by atoms with van der Waals surface area (Å²) in [5, 5.41) is 3.39. The number of rotatable bonds is 8. The van der Waals surface area contributed by atoms with E-state index in [2.05, 4.69) is 28.8 Å². The van der Waals surface area contributed by atoms with Gasteiger partial charge in [0, 0.05) is 19.6 Å². The molecule has 1 heterocycles. The molecule has 0 spiro atoms. The van der Waals surface area contributed by atoms with Crippen LogP contribution >= 0.6 is 0 Å². The fourth-order valence-corrected chi connectivity index (χ4v) is 3.90. The van der Waals surface area contributed by atoms with Crippen LogP contribution in [0.2, 0.25) is 0 Å². The Labute approximate surface area is 147 Å². The molecule has 2 unspecified atom stereocenters. The molecule has 1 aromatic carbocycles. The molecule has 2 fully saturated rings. The Bertz CT molecular complexity index is 564.